The van der Waals surface area contributed by atoms with E-state index in [1.807, 2.05) is 31.2 Å². The Bertz CT molecular complexity index is 808. The maximum atomic E-state index is 11.8. The number of carbonyl (C=O) groups is 4. The Hall–Kier alpha value is -2.59. The molecule has 0 aliphatic carbocycles. The number of aryl methyl sites for hydroxylation is 1. The van der Waals surface area contributed by atoms with Gasteiger partial charge in [-0.3, -0.25) is 19.2 Å². The van der Waals surface area contributed by atoms with Gasteiger partial charge in [0.15, 0.2) is 18.3 Å². The number of esters is 4. The molecule has 2 rings (SSSR count). The lowest BCUT2D eigenvalue weighted by molar-refractivity contribution is -0.237. The number of thioether (sulfide) groups is 1. The molecule has 1 heterocycles. The number of hydrogen-bond donors (Lipinski definition) is 0. The summed E-state index contributed by atoms with van der Waals surface area (Å²) in [4.78, 5) is 47.5. The second-order valence-electron chi connectivity index (χ2n) is 7.00. The smallest absolute Gasteiger partial charge is 0.303 e. The third-order valence-electron chi connectivity index (χ3n) is 4.22. The first-order valence-corrected chi connectivity index (χ1v) is 10.5. The molecule has 10 heteroatoms. The lowest BCUT2D eigenvalue weighted by Gasteiger charge is -2.44. The predicted molar refractivity (Wildman–Crippen MR) is 109 cm³/mol. The maximum absolute atomic E-state index is 11.8. The van der Waals surface area contributed by atoms with Crippen molar-refractivity contribution in [1.29, 1.82) is 0 Å². The van der Waals surface area contributed by atoms with E-state index < -0.39 is 53.7 Å². The van der Waals surface area contributed by atoms with Crippen LogP contribution in [0.3, 0.4) is 0 Å². The van der Waals surface area contributed by atoms with Crippen molar-refractivity contribution in [1.82, 2.24) is 0 Å². The fourth-order valence-electron chi connectivity index (χ4n) is 3.03. The highest BCUT2D eigenvalue weighted by molar-refractivity contribution is 7.99. The largest absolute Gasteiger partial charge is 0.463 e. The second-order valence-corrected chi connectivity index (χ2v) is 8.17. The van der Waals surface area contributed by atoms with Gasteiger partial charge in [0.05, 0.1) is 0 Å². The van der Waals surface area contributed by atoms with E-state index in [2.05, 4.69) is 0 Å². The van der Waals surface area contributed by atoms with E-state index >= 15 is 0 Å². The van der Waals surface area contributed by atoms with Crippen LogP contribution in [-0.4, -0.2) is 60.3 Å². The Labute approximate surface area is 184 Å². The van der Waals surface area contributed by atoms with Crippen LogP contribution >= 0.6 is 11.8 Å². The van der Waals surface area contributed by atoms with E-state index in [0.717, 1.165) is 10.5 Å². The topological polar surface area (TPSA) is 114 Å². The highest BCUT2D eigenvalue weighted by Crippen LogP contribution is 2.37. The lowest BCUT2D eigenvalue weighted by Crippen LogP contribution is -2.61. The molecule has 0 unspecified atom stereocenters. The van der Waals surface area contributed by atoms with Gasteiger partial charge in [0.2, 0.25) is 0 Å². The first-order chi connectivity index (χ1) is 14.6. The average Bonchev–Trinajstić information content (AvgIpc) is 2.65. The Morgan fingerprint density at radius 3 is 1.84 bits per heavy atom. The highest BCUT2D eigenvalue weighted by atomic mass is 32.2. The summed E-state index contributed by atoms with van der Waals surface area (Å²) < 4.78 is 27.3. The zero-order chi connectivity index (χ0) is 23.1. The molecule has 9 nitrogen and oxygen atoms in total. The molecule has 1 saturated heterocycles. The minimum absolute atomic E-state index is 0.247. The Balaban J connectivity index is 2.43. The minimum Gasteiger partial charge on any atom is -0.463 e. The fourth-order valence-corrected chi connectivity index (χ4v) is 4.14. The van der Waals surface area contributed by atoms with E-state index in [1.54, 1.807) is 0 Å². The van der Waals surface area contributed by atoms with Gasteiger partial charge in [0, 0.05) is 32.6 Å². The molecule has 0 spiro atoms. The van der Waals surface area contributed by atoms with Gasteiger partial charge < -0.3 is 23.7 Å². The Morgan fingerprint density at radius 1 is 0.806 bits per heavy atom. The van der Waals surface area contributed by atoms with Crippen molar-refractivity contribution in [3.63, 3.8) is 0 Å². The molecule has 0 saturated carbocycles. The number of hydrogen-bond acceptors (Lipinski definition) is 10. The first kappa shape index (κ1) is 24.7. The molecule has 0 N–H and O–H groups in total. The van der Waals surface area contributed by atoms with Crippen molar-refractivity contribution in [2.24, 2.45) is 0 Å². The van der Waals surface area contributed by atoms with Crippen LogP contribution < -0.4 is 0 Å². The van der Waals surface area contributed by atoms with Crippen molar-refractivity contribution in [3.8, 4) is 0 Å². The summed E-state index contributed by atoms with van der Waals surface area (Å²) in [5.74, 6) is -2.50. The van der Waals surface area contributed by atoms with Crippen LogP contribution in [0.25, 0.3) is 0 Å². The SMILES string of the molecule is CC(=O)OC[C@@H]1O[C@@H](Sc2ccc(C)cc2)[C@@H](OC(C)=O)[C@@H](OC(C)=O)[C@@H]1OC(C)=O. The zero-order valence-electron chi connectivity index (χ0n) is 18.0. The van der Waals surface area contributed by atoms with E-state index in [4.69, 9.17) is 23.7 Å². The minimum atomic E-state index is -1.16. The summed E-state index contributed by atoms with van der Waals surface area (Å²) in [6.07, 6.45) is -4.35. The molecule has 0 amide bonds. The van der Waals surface area contributed by atoms with E-state index in [9.17, 15) is 19.2 Å². The number of ether oxygens (including phenoxy) is 5. The number of rotatable bonds is 7. The van der Waals surface area contributed by atoms with Gasteiger partial charge in [0.1, 0.15) is 18.1 Å². The molecule has 1 aliphatic heterocycles. The van der Waals surface area contributed by atoms with Crippen molar-refractivity contribution >= 4 is 35.6 Å². The fraction of sp³-hybridized carbons (Fsp3) is 0.524. The molecule has 0 aromatic heterocycles. The molecular formula is C21H26O9S. The van der Waals surface area contributed by atoms with E-state index in [1.165, 1.54) is 39.5 Å². The van der Waals surface area contributed by atoms with Gasteiger partial charge in [-0.2, -0.15) is 0 Å². The molecule has 1 aromatic rings. The Morgan fingerprint density at radius 2 is 1.32 bits per heavy atom. The van der Waals surface area contributed by atoms with Crippen molar-refractivity contribution < 1.29 is 42.9 Å². The van der Waals surface area contributed by atoms with Gasteiger partial charge in [0.25, 0.3) is 0 Å². The van der Waals surface area contributed by atoms with Crippen LogP contribution in [-0.2, 0) is 42.9 Å². The second kappa shape index (κ2) is 11.1. The number of carbonyl (C=O) groups excluding carboxylic acids is 4. The van der Waals surface area contributed by atoms with Gasteiger partial charge in [-0.25, -0.2) is 0 Å². The zero-order valence-corrected chi connectivity index (χ0v) is 18.8. The molecule has 31 heavy (non-hydrogen) atoms. The quantitative estimate of drug-likeness (QED) is 0.448. The van der Waals surface area contributed by atoms with Gasteiger partial charge in [-0.1, -0.05) is 29.5 Å². The van der Waals surface area contributed by atoms with Crippen molar-refractivity contribution in [2.75, 3.05) is 6.61 Å². The molecule has 170 valence electrons. The highest BCUT2D eigenvalue weighted by Gasteiger charge is 2.52. The van der Waals surface area contributed by atoms with Crippen LogP contribution in [0.1, 0.15) is 33.3 Å². The van der Waals surface area contributed by atoms with Crippen LogP contribution in [0.2, 0.25) is 0 Å². The van der Waals surface area contributed by atoms with Crippen molar-refractivity contribution in [2.45, 2.75) is 69.4 Å². The van der Waals surface area contributed by atoms with Crippen LogP contribution in [0.15, 0.2) is 29.2 Å². The molecule has 1 aliphatic rings. The normalized spacial score (nSPS) is 25.3. The molecule has 1 aromatic carbocycles. The predicted octanol–water partition coefficient (Wildman–Crippen LogP) is 2.17. The summed E-state index contributed by atoms with van der Waals surface area (Å²) in [6, 6.07) is 7.56. The summed E-state index contributed by atoms with van der Waals surface area (Å²) in [5.41, 5.74) is 0.231. The van der Waals surface area contributed by atoms with Crippen LogP contribution in [0, 0.1) is 6.92 Å². The maximum Gasteiger partial charge on any atom is 0.303 e. The molecule has 1 fully saturated rings. The molecular weight excluding hydrogens is 428 g/mol. The molecule has 0 radical (unpaired) electrons. The van der Waals surface area contributed by atoms with Crippen molar-refractivity contribution in [3.05, 3.63) is 29.8 Å². The molecule has 5 atom stereocenters. The van der Waals surface area contributed by atoms with Crippen LogP contribution in [0.5, 0.6) is 0 Å². The first-order valence-electron chi connectivity index (χ1n) is 9.60. The number of benzene rings is 1. The summed E-state index contributed by atoms with van der Waals surface area (Å²) in [7, 11) is 0. The third kappa shape index (κ3) is 7.55. The Kier molecular flexibility index (Phi) is 8.88. The lowest BCUT2D eigenvalue weighted by atomic mass is 9.99. The van der Waals surface area contributed by atoms with Crippen LogP contribution in [0.4, 0.5) is 0 Å². The van der Waals surface area contributed by atoms with E-state index in [0.29, 0.717) is 0 Å². The summed E-state index contributed by atoms with van der Waals surface area (Å²) in [5, 5.41) is 0. The van der Waals surface area contributed by atoms with E-state index in [-0.39, 0.29) is 6.61 Å². The summed E-state index contributed by atoms with van der Waals surface area (Å²) >= 11 is 1.24. The van der Waals surface area contributed by atoms with Gasteiger partial charge in [-0.15, -0.1) is 0 Å². The van der Waals surface area contributed by atoms with Gasteiger partial charge in [-0.05, 0) is 19.1 Å². The standard InChI is InChI=1S/C21H26O9S/c1-11-6-8-16(9-7-11)31-21-20(29-15(5)25)19(28-14(4)24)18(27-13(3)23)17(30-21)10-26-12(2)22/h6-9,17-21H,10H2,1-5H3/t17-,18+,19-,20-,21-/m0/s1. The monoisotopic (exact) mass is 454 g/mol. The van der Waals surface area contributed by atoms with Gasteiger partial charge >= 0.3 is 23.9 Å². The third-order valence-corrected chi connectivity index (χ3v) is 5.38. The molecule has 0 bridgehead atoms. The summed E-state index contributed by atoms with van der Waals surface area (Å²) in [6.45, 7) is 6.51. The average molecular weight is 454 g/mol.